The quantitative estimate of drug-likeness (QED) is 0.524. The van der Waals surface area contributed by atoms with Crippen molar-refractivity contribution in [1.29, 1.82) is 0 Å². The molecule has 0 radical (unpaired) electrons. The Hall–Kier alpha value is -0.980. The topological polar surface area (TPSA) is 26.0 Å². The fourth-order valence-corrected chi connectivity index (χ4v) is 0.659. The summed E-state index contributed by atoms with van der Waals surface area (Å²) in [4.78, 5) is 0. The van der Waals surface area contributed by atoms with Crippen molar-refractivity contribution >= 4 is 5.69 Å². The summed E-state index contributed by atoms with van der Waals surface area (Å²) < 4.78 is 14.2. The van der Waals surface area contributed by atoms with Gasteiger partial charge in [-0.25, -0.2) is 0 Å². The van der Waals surface area contributed by atoms with Crippen LogP contribution in [0.5, 0.6) is 0 Å². The molecule has 0 fully saturated rings. The molecule has 9 heavy (non-hydrogen) atoms. The van der Waals surface area contributed by atoms with Crippen LogP contribution in [0, 0.1) is 13.8 Å². The van der Waals surface area contributed by atoms with Crippen LogP contribution in [-0.2, 0) is 0 Å². The molecule has 0 aliphatic rings. The Bertz CT molecular complexity index is 258. The molecule has 0 amide bonds. The van der Waals surface area contributed by atoms with E-state index in [0.29, 0.717) is 11.3 Å². The van der Waals surface area contributed by atoms with Gasteiger partial charge in [-0.1, -0.05) is 12.1 Å². The van der Waals surface area contributed by atoms with E-state index < -0.39 is 6.88 Å². The van der Waals surface area contributed by atoms with Gasteiger partial charge in [0.1, 0.15) is 0 Å². The fourth-order valence-electron chi connectivity index (χ4n) is 0.659. The summed E-state index contributed by atoms with van der Waals surface area (Å²) >= 11 is 0. The lowest BCUT2D eigenvalue weighted by Gasteiger charge is -1.98. The lowest BCUT2D eigenvalue weighted by atomic mass is 10.1. The normalized spacial score (nSPS) is 13.1. The summed E-state index contributed by atoms with van der Waals surface area (Å²) in [6.07, 6.45) is 0. The highest BCUT2D eigenvalue weighted by molar-refractivity contribution is 5.47. The van der Waals surface area contributed by atoms with Crippen molar-refractivity contribution in [3.63, 3.8) is 0 Å². The summed E-state index contributed by atoms with van der Waals surface area (Å²) in [5.74, 6) is 0. The van der Waals surface area contributed by atoms with Crippen molar-refractivity contribution in [3.8, 4) is 0 Å². The van der Waals surface area contributed by atoms with E-state index in [1.54, 1.807) is 12.1 Å². The molecule has 0 aliphatic carbocycles. The maximum atomic E-state index is 7.10. The van der Waals surface area contributed by atoms with E-state index in [0.717, 1.165) is 5.56 Å². The van der Waals surface area contributed by atoms with Crippen LogP contribution in [0.1, 0.15) is 13.9 Å². The predicted molar refractivity (Wildman–Crippen MR) is 40.3 cm³/mol. The van der Waals surface area contributed by atoms with Gasteiger partial charge in [-0.05, 0) is 31.0 Å². The van der Waals surface area contributed by atoms with Crippen LogP contribution >= 0.6 is 0 Å². The van der Waals surface area contributed by atoms with Crippen LogP contribution in [-0.4, -0.2) is 0 Å². The monoisotopic (exact) mass is 123 g/mol. The predicted octanol–water partition coefficient (Wildman–Crippen LogP) is 1.89. The summed E-state index contributed by atoms with van der Waals surface area (Å²) in [6, 6.07) is 5.27. The largest absolute Gasteiger partial charge is 0.399 e. The first-order valence-corrected chi connectivity index (χ1v) is 2.82. The Balaban J connectivity index is 3.05. The average Bonchev–Trinajstić information content (AvgIpc) is 1.94. The molecule has 0 heterocycles. The second-order valence-electron chi connectivity index (χ2n) is 2.12. The number of rotatable bonds is 0. The number of hydrogen-bond acceptors (Lipinski definition) is 1. The molecule has 0 atom stereocenters. The maximum Gasteiger partial charge on any atom is 0.0346 e. The smallest absolute Gasteiger partial charge is 0.0346 e. The molecule has 1 heteroatoms. The molecule has 48 valence electrons. The number of nitrogens with two attached hydrogens (primary N) is 1. The van der Waals surface area contributed by atoms with Crippen molar-refractivity contribution in [1.82, 2.24) is 0 Å². The maximum absolute atomic E-state index is 7.10. The Kier molecular flexibility index (Phi) is 0.916. The lowest BCUT2D eigenvalue weighted by Crippen LogP contribution is -1.88. The van der Waals surface area contributed by atoms with Gasteiger partial charge in [0.05, 0.1) is 0 Å². The molecule has 0 aromatic heterocycles. The summed E-state index contributed by atoms with van der Waals surface area (Å²) in [7, 11) is 0. The Morgan fingerprint density at radius 3 is 2.89 bits per heavy atom. The highest BCUT2D eigenvalue weighted by Gasteiger charge is 1.89. The summed E-state index contributed by atoms with van der Waals surface area (Å²) in [5, 5.41) is 0. The first kappa shape index (κ1) is 3.94. The second-order valence-corrected chi connectivity index (χ2v) is 2.12. The average molecular weight is 123 g/mol. The van der Waals surface area contributed by atoms with Gasteiger partial charge in [0, 0.05) is 8.43 Å². The lowest BCUT2D eigenvalue weighted by molar-refractivity contribution is 1.40. The minimum atomic E-state index is -0.933. The van der Waals surface area contributed by atoms with Crippen molar-refractivity contribution in [2.24, 2.45) is 0 Å². The minimum Gasteiger partial charge on any atom is -0.399 e. The number of aryl methyl sites for hydroxylation is 2. The molecule has 0 saturated carbocycles. The van der Waals surface area contributed by atoms with Gasteiger partial charge in [0.15, 0.2) is 0 Å². The molecular weight excluding hydrogens is 110 g/mol. The van der Waals surface area contributed by atoms with Gasteiger partial charge in [0.2, 0.25) is 0 Å². The zero-order valence-corrected chi connectivity index (χ0v) is 5.39. The second kappa shape index (κ2) is 2.09. The number of benzene rings is 1. The van der Waals surface area contributed by atoms with E-state index in [-0.39, 0.29) is 0 Å². The molecule has 0 saturated heterocycles. The van der Waals surface area contributed by atoms with Crippen LogP contribution in [0.25, 0.3) is 0 Å². The Labute approximate surface area is 58.3 Å². The fraction of sp³-hybridized carbons (Fsp3) is 0.250. The summed E-state index contributed by atoms with van der Waals surface area (Å²) in [5.41, 5.74) is 7.89. The van der Waals surface area contributed by atoms with E-state index in [1.807, 2.05) is 13.0 Å². The molecule has 1 nitrogen and oxygen atoms in total. The number of anilines is 1. The van der Waals surface area contributed by atoms with Crippen molar-refractivity contribution < 1.29 is 2.74 Å². The summed E-state index contributed by atoms with van der Waals surface area (Å²) in [6.45, 7) is 0.972. The first-order chi connectivity index (χ1) is 5.11. The van der Waals surface area contributed by atoms with Crippen LogP contribution < -0.4 is 5.73 Å². The van der Waals surface area contributed by atoms with E-state index in [4.69, 9.17) is 8.48 Å². The highest BCUT2D eigenvalue weighted by atomic mass is 14.5. The van der Waals surface area contributed by atoms with Gasteiger partial charge < -0.3 is 5.73 Å². The zero-order valence-electron chi connectivity index (χ0n) is 7.39. The van der Waals surface area contributed by atoms with Crippen molar-refractivity contribution in [2.75, 3.05) is 5.73 Å². The molecule has 0 spiro atoms. The van der Waals surface area contributed by atoms with E-state index in [1.165, 1.54) is 0 Å². The molecule has 1 rings (SSSR count). The van der Waals surface area contributed by atoms with Crippen LogP contribution in [0.3, 0.4) is 0 Å². The zero-order chi connectivity index (χ0) is 8.43. The molecule has 1 aromatic rings. The molecule has 2 N–H and O–H groups in total. The molecule has 0 unspecified atom stereocenters. The van der Waals surface area contributed by atoms with Gasteiger partial charge in [-0.15, -0.1) is 0 Å². The van der Waals surface area contributed by atoms with Crippen LogP contribution in [0.15, 0.2) is 18.2 Å². The van der Waals surface area contributed by atoms with Gasteiger partial charge >= 0.3 is 0 Å². The van der Waals surface area contributed by atoms with E-state index in [2.05, 4.69) is 0 Å². The van der Waals surface area contributed by atoms with Gasteiger partial charge in [-0.2, -0.15) is 0 Å². The minimum absolute atomic E-state index is 0.646. The number of hydrogen-bond donors (Lipinski definition) is 1. The third kappa shape index (κ3) is 1.22. The third-order valence-corrected chi connectivity index (χ3v) is 1.30. The standard InChI is InChI=1S/C8H11N/c1-6-3-4-7(2)8(9)5-6/h3-5H,9H2,1-2H3/i1D2. The Morgan fingerprint density at radius 1 is 1.56 bits per heavy atom. The SMILES string of the molecule is [2H]C([2H])c1ccc(C)c(N)c1. The van der Waals surface area contributed by atoms with Crippen LogP contribution in [0.4, 0.5) is 5.69 Å². The Morgan fingerprint density at radius 2 is 2.33 bits per heavy atom. The van der Waals surface area contributed by atoms with Gasteiger partial charge in [-0.3, -0.25) is 0 Å². The van der Waals surface area contributed by atoms with Gasteiger partial charge in [0.25, 0.3) is 0 Å². The third-order valence-electron chi connectivity index (χ3n) is 1.30. The first-order valence-electron chi connectivity index (χ1n) is 3.97. The molecule has 1 aromatic carbocycles. The molecular formula is C8H11N. The van der Waals surface area contributed by atoms with Crippen molar-refractivity contribution in [2.45, 2.75) is 13.8 Å². The number of nitrogen functional groups attached to an aromatic ring is 1. The van der Waals surface area contributed by atoms with Crippen LogP contribution in [0.2, 0.25) is 0 Å². The van der Waals surface area contributed by atoms with E-state index >= 15 is 0 Å². The highest BCUT2D eigenvalue weighted by Crippen LogP contribution is 2.10. The van der Waals surface area contributed by atoms with Crippen molar-refractivity contribution in [3.05, 3.63) is 29.3 Å². The molecule has 0 bridgehead atoms. The van der Waals surface area contributed by atoms with E-state index in [9.17, 15) is 0 Å². The molecule has 0 aliphatic heterocycles.